The Balaban J connectivity index is 1.29. The van der Waals surface area contributed by atoms with Gasteiger partial charge in [0.05, 0.1) is 0 Å². The van der Waals surface area contributed by atoms with E-state index in [-0.39, 0.29) is 0 Å². The van der Waals surface area contributed by atoms with Crippen molar-refractivity contribution in [1.29, 1.82) is 0 Å². The fourth-order valence-corrected chi connectivity index (χ4v) is 3.61. The molecule has 0 bridgehead atoms. The highest BCUT2D eigenvalue weighted by Crippen LogP contribution is 2.42. The molecule has 2 aliphatic rings. The van der Waals surface area contributed by atoms with Crippen LogP contribution in [-0.4, -0.2) is 47.3 Å². The fraction of sp³-hybridized carbons (Fsp3) is 0.353. The zero-order valence-electron chi connectivity index (χ0n) is 12.7. The number of nitrogens with zero attached hydrogens (tertiary/aromatic N) is 4. The van der Waals surface area contributed by atoms with Gasteiger partial charge in [0.25, 0.3) is 0 Å². The molecule has 0 saturated carbocycles. The van der Waals surface area contributed by atoms with E-state index in [0.29, 0.717) is 11.1 Å². The molecule has 23 heavy (non-hydrogen) atoms. The second-order valence-electron chi connectivity index (χ2n) is 6.55. The van der Waals surface area contributed by atoms with Gasteiger partial charge in [-0.05, 0) is 17.7 Å². The van der Waals surface area contributed by atoms with Crippen LogP contribution in [0.25, 0.3) is 0 Å². The zero-order valence-corrected chi connectivity index (χ0v) is 12.7. The van der Waals surface area contributed by atoms with E-state index in [2.05, 4.69) is 19.8 Å². The van der Waals surface area contributed by atoms with Gasteiger partial charge < -0.3 is 4.90 Å². The minimum atomic E-state index is -0.426. The molecule has 4 heterocycles. The highest BCUT2D eigenvalue weighted by molar-refractivity contribution is 5.71. The molecule has 4 rings (SSSR count). The Labute approximate surface area is 133 Å². The molecule has 2 aliphatic heterocycles. The van der Waals surface area contributed by atoms with Crippen LogP contribution in [0, 0.1) is 11.4 Å². The van der Waals surface area contributed by atoms with Crippen molar-refractivity contribution < 1.29 is 9.18 Å². The highest BCUT2D eigenvalue weighted by Gasteiger charge is 2.51. The molecule has 2 fully saturated rings. The third-order valence-corrected chi connectivity index (χ3v) is 4.62. The average molecular weight is 312 g/mol. The van der Waals surface area contributed by atoms with Crippen LogP contribution in [0.1, 0.15) is 16.1 Å². The molecule has 0 unspecified atom stereocenters. The van der Waals surface area contributed by atoms with Crippen LogP contribution in [0.5, 0.6) is 0 Å². The van der Waals surface area contributed by atoms with E-state index in [4.69, 9.17) is 0 Å². The number of carbonyl (C=O) groups excluding carboxylic acids is 1. The minimum Gasteiger partial charge on any atom is -0.370 e. The first-order valence-corrected chi connectivity index (χ1v) is 7.65. The number of likely N-dealkylation sites (tertiary alicyclic amines) is 1. The van der Waals surface area contributed by atoms with Gasteiger partial charge in [0, 0.05) is 62.3 Å². The number of pyridine rings is 2. The summed E-state index contributed by atoms with van der Waals surface area (Å²) < 4.78 is 13.2. The summed E-state index contributed by atoms with van der Waals surface area (Å²) >= 11 is 0. The van der Waals surface area contributed by atoms with Crippen LogP contribution in [0.4, 0.5) is 10.1 Å². The monoisotopic (exact) mass is 312 g/mol. The van der Waals surface area contributed by atoms with Gasteiger partial charge in [0.2, 0.25) is 5.95 Å². The Bertz CT molecular complexity index is 720. The van der Waals surface area contributed by atoms with Gasteiger partial charge in [0.15, 0.2) is 6.29 Å². The highest BCUT2D eigenvalue weighted by atomic mass is 19.1. The maximum absolute atomic E-state index is 13.2. The van der Waals surface area contributed by atoms with Crippen LogP contribution in [-0.2, 0) is 6.54 Å². The SMILES string of the molecule is O=Cc1ccc(CN2CC3(C2)CN(c2ccnc(F)c2)C3)cn1. The molecular weight excluding hydrogens is 295 g/mol. The van der Waals surface area contributed by atoms with Gasteiger partial charge in [-0.15, -0.1) is 0 Å². The molecule has 0 N–H and O–H groups in total. The molecule has 0 aliphatic carbocycles. The average Bonchev–Trinajstić information content (AvgIpc) is 2.49. The van der Waals surface area contributed by atoms with Crippen molar-refractivity contribution in [1.82, 2.24) is 14.9 Å². The minimum absolute atomic E-state index is 0.343. The Morgan fingerprint density at radius 2 is 2.00 bits per heavy atom. The first kappa shape index (κ1) is 14.3. The van der Waals surface area contributed by atoms with Crippen molar-refractivity contribution in [3.8, 4) is 0 Å². The van der Waals surface area contributed by atoms with Crippen LogP contribution < -0.4 is 4.90 Å². The van der Waals surface area contributed by atoms with E-state index in [1.54, 1.807) is 12.3 Å². The summed E-state index contributed by atoms with van der Waals surface area (Å²) in [6.07, 6.45) is 4.04. The smallest absolute Gasteiger partial charge is 0.214 e. The summed E-state index contributed by atoms with van der Waals surface area (Å²) in [5, 5.41) is 0. The van der Waals surface area contributed by atoms with Gasteiger partial charge in [-0.2, -0.15) is 4.39 Å². The van der Waals surface area contributed by atoms with Crippen molar-refractivity contribution in [2.24, 2.45) is 5.41 Å². The molecule has 1 spiro atoms. The Morgan fingerprint density at radius 1 is 1.17 bits per heavy atom. The maximum atomic E-state index is 13.2. The summed E-state index contributed by atoms with van der Waals surface area (Å²) in [5.74, 6) is -0.426. The normalized spacial score (nSPS) is 19.3. The fourth-order valence-electron chi connectivity index (χ4n) is 3.61. The lowest BCUT2D eigenvalue weighted by Gasteiger charge is -2.61. The number of hydrogen-bond donors (Lipinski definition) is 0. The maximum Gasteiger partial charge on any atom is 0.214 e. The van der Waals surface area contributed by atoms with Crippen molar-refractivity contribution in [2.45, 2.75) is 6.54 Å². The molecule has 5 nitrogen and oxygen atoms in total. The van der Waals surface area contributed by atoms with E-state index >= 15 is 0 Å². The van der Waals surface area contributed by atoms with Gasteiger partial charge in [-0.3, -0.25) is 14.7 Å². The third-order valence-electron chi connectivity index (χ3n) is 4.62. The predicted octanol–water partition coefficient (Wildman–Crippen LogP) is 1.75. The van der Waals surface area contributed by atoms with E-state index in [1.807, 2.05) is 12.1 Å². The summed E-state index contributed by atoms with van der Waals surface area (Å²) in [6, 6.07) is 7.05. The number of anilines is 1. The number of carbonyl (C=O) groups is 1. The molecule has 2 aromatic heterocycles. The quantitative estimate of drug-likeness (QED) is 0.636. The van der Waals surface area contributed by atoms with Gasteiger partial charge >= 0.3 is 0 Å². The molecule has 0 aromatic carbocycles. The van der Waals surface area contributed by atoms with Crippen molar-refractivity contribution >= 4 is 12.0 Å². The Kier molecular flexibility index (Phi) is 3.34. The second kappa shape index (κ2) is 5.38. The summed E-state index contributed by atoms with van der Waals surface area (Å²) in [5.41, 5.74) is 2.84. The molecule has 2 aromatic rings. The number of halogens is 1. The molecule has 0 amide bonds. The van der Waals surface area contributed by atoms with Crippen LogP contribution >= 0.6 is 0 Å². The zero-order chi connectivity index (χ0) is 15.9. The van der Waals surface area contributed by atoms with E-state index < -0.39 is 5.95 Å². The Morgan fingerprint density at radius 3 is 2.65 bits per heavy atom. The lowest BCUT2D eigenvalue weighted by Crippen LogP contribution is -2.71. The van der Waals surface area contributed by atoms with Crippen molar-refractivity contribution in [2.75, 3.05) is 31.1 Å². The van der Waals surface area contributed by atoms with E-state index in [9.17, 15) is 9.18 Å². The number of aldehydes is 1. The number of aromatic nitrogens is 2. The number of hydrogen-bond acceptors (Lipinski definition) is 5. The summed E-state index contributed by atoms with van der Waals surface area (Å²) in [4.78, 5) is 22.9. The third kappa shape index (κ3) is 2.70. The van der Waals surface area contributed by atoms with E-state index in [0.717, 1.165) is 50.3 Å². The van der Waals surface area contributed by atoms with Crippen molar-refractivity contribution in [3.05, 3.63) is 53.9 Å². The topological polar surface area (TPSA) is 49.3 Å². The lowest BCUT2D eigenvalue weighted by atomic mass is 9.72. The lowest BCUT2D eigenvalue weighted by molar-refractivity contribution is -0.0274. The summed E-state index contributed by atoms with van der Waals surface area (Å²) in [7, 11) is 0. The molecular formula is C17H17FN4O. The molecule has 0 atom stereocenters. The first-order chi connectivity index (χ1) is 11.2. The predicted molar refractivity (Wildman–Crippen MR) is 83.7 cm³/mol. The molecule has 6 heteroatoms. The van der Waals surface area contributed by atoms with Crippen molar-refractivity contribution in [3.63, 3.8) is 0 Å². The summed E-state index contributed by atoms with van der Waals surface area (Å²) in [6.45, 7) is 4.89. The molecule has 0 radical (unpaired) electrons. The molecule has 2 saturated heterocycles. The molecule has 118 valence electrons. The van der Waals surface area contributed by atoms with Crippen LogP contribution in [0.2, 0.25) is 0 Å². The van der Waals surface area contributed by atoms with Crippen LogP contribution in [0.15, 0.2) is 36.7 Å². The van der Waals surface area contributed by atoms with Gasteiger partial charge in [-0.1, -0.05) is 6.07 Å². The van der Waals surface area contributed by atoms with E-state index in [1.165, 1.54) is 12.3 Å². The Hall–Kier alpha value is -2.34. The number of rotatable bonds is 4. The largest absolute Gasteiger partial charge is 0.370 e. The van der Waals surface area contributed by atoms with Gasteiger partial charge in [0.1, 0.15) is 5.69 Å². The van der Waals surface area contributed by atoms with Crippen LogP contribution in [0.3, 0.4) is 0 Å². The first-order valence-electron chi connectivity index (χ1n) is 7.65. The second-order valence-corrected chi connectivity index (χ2v) is 6.55. The standard InChI is InChI=1S/C17H17FN4O/c18-16-5-15(3-4-19-16)22-11-17(12-22)9-21(10-17)7-13-1-2-14(8-23)20-6-13/h1-6,8H,7,9-12H2. The van der Waals surface area contributed by atoms with Gasteiger partial charge in [-0.25, -0.2) is 4.98 Å².